The van der Waals surface area contributed by atoms with Crippen LogP contribution in [0.4, 0.5) is 14.5 Å². The van der Waals surface area contributed by atoms with Gasteiger partial charge in [0, 0.05) is 37.9 Å². The molecule has 1 saturated carbocycles. The molecule has 33 heavy (non-hydrogen) atoms. The maximum atomic E-state index is 12.7. The number of ether oxygens (including phenoxy) is 3. The Labute approximate surface area is 195 Å². The van der Waals surface area contributed by atoms with Gasteiger partial charge in [-0.3, -0.25) is 9.59 Å². The highest BCUT2D eigenvalue weighted by molar-refractivity contribution is 5.94. The minimum Gasteiger partial charge on any atom is -0.489 e. The lowest BCUT2D eigenvalue weighted by atomic mass is 10.2. The molecule has 2 fully saturated rings. The second kappa shape index (κ2) is 13.2. The van der Waals surface area contributed by atoms with Crippen LogP contribution in [0.25, 0.3) is 0 Å². The van der Waals surface area contributed by atoms with E-state index in [1.165, 1.54) is 6.07 Å². The number of nitrogens with zero attached hydrogens (tertiary/aromatic N) is 2. The summed E-state index contributed by atoms with van der Waals surface area (Å²) in [6.07, 6.45) is 1.92. The third-order valence-corrected chi connectivity index (χ3v) is 4.91. The fourth-order valence-corrected chi connectivity index (χ4v) is 3.15. The number of halogens is 2. The molecule has 9 heteroatoms. The lowest BCUT2D eigenvalue weighted by Crippen LogP contribution is -2.49. The minimum atomic E-state index is -2.92. The van der Waals surface area contributed by atoms with E-state index in [4.69, 9.17) is 9.47 Å². The maximum absolute atomic E-state index is 12.7. The van der Waals surface area contributed by atoms with Gasteiger partial charge in [-0.1, -0.05) is 20.8 Å². The summed E-state index contributed by atoms with van der Waals surface area (Å²) in [4.78, 5) is 27.3. The molecule has 1 heterocycles. The number of piperazine rings is 1. The smallest absolute Gasteiger partial charge is 0.387 e. The van der Waals surface area contributed by atoms with Gasteiger partial charge in [0.25, 0.3) is 0 Å². The van der Waals surface area contributed by atoms with E-state index in [0.717, 1.165) is 24.4 Å². The number of hydrogen-bond donors (Lipinski definition) is 0. The molecule has 1 amide bonds. The Balaban J connectivity index is 0.000000890. The first-order chi connectivity index (χ1) is 15.7. The molecular formula is C24H36F2N2O5. The van der Waals surface area contributed by atoms with Gasteiger partial charge in [-0.25, -0.2) is 0 Å². The summed E-state index contributed by atoms with van der Waals surface area (Å²) in [5.74, 6) is 0.861. The molecule has 1 aliphatic carbocycles. The Hall–Kier alpha value is -2.58. The summed E-state index contributed by atoms with van der Waals surface area (Å²) >= 11 is 0. The van der Waals surface area contributed by atoms with Crippen LogP contribution in [0.3, 0.4) is 0 Å². The summed E-state index contributed by atoms with van der Waals surface area (Å²) in [5, 5.41) is 0. The van der Waals surface area contributed by atoms with Crippen LogP contribution in [0.1, 0.15) is 47.0 Å². The molecule has 0 N–H and O–H groups in total. The van der Waals surface area contributed by atoms with Crippen molar-refractivity contribution in [2.24, 2.45) is 11.8 Å². The van der Waals surface area contributed by atoms with Crippen LogP contribution in [-0.4, -0.2) is 62.8 Å². The van der Waals surface area contributed by atoms with Crippen molar-refractivity contribution in [2.75, 3.05) is 44.3 Å². The van der Waals surface area contributed by atoms with E-state index in [2.05, 4.69) is 25.5 Å². The molecule has 7 nitrogen and oxygen atoms in total. The summed E-state index contributed by atoms with van der Waals surface area (Å²) in [7, 11) is 0. The van der Waals surface area contributed by atoms with Crippen molar-refractivity contribution in [3.8, 4) is 11.5 Å². The largest absolute Gasteiger partial charge is 0.489 e. The first kappa shape index (κ1) is 26.7. The van der Waals surface area contributed by atoms with Crippen LogP contribution in [0.2, 0.25) is 0 Å². The van der Waals surface area contributed by atoms with Gasteiger partial charge >= 0.3 is 12.6 Å². The number of alkyl halides is 2. The van der Waals surface area contributed by atoms with Crippen LogP contribution in [0.5, 0.6) is 11.5 Å². The molecule has 186 valence electrons. The maximum Gasteiger partial charge on any atom is 0.387 e. The Bertz CT molecular complexity index is 760. The number of anilines is 1. The van der Waals surface area contributed by atoms with Crippen molar-refractivity contribution in [2.45, 2.75) is 53.6 Å². The van der Waals surface area contributed by atoms with Gasteiger partial charge < -0.3 is 24.0 Å². The monoisotopic (exact) mass is 470 g/mol. The molecule has 0 atom stereocenters. The third kappa shape index (κ3) is 9.84. The second-order valence-electron chi connectivity index (χ2n) is 8.85. The van der Waals surface area contributed by atoms with Crippen LogP contribution in [0.15, 0.2) is 18.2 Å². The molecule has 1 aliphatic heterocycles. The molecule has 0 aromatic heterocycles. The number of esters is 1. The molecule has 1 aromatic carbocycles. The Morgan fingerprint density at radius 1 is 1.06 bits per heavy atom. The van der Waals surface area contributed by atoms with Crippen molar-refractivity contribution in [3.05, 3.63) is 18.2 Å². The zero-order valence-corrected chi connectivity index (χ0v) is 20.0. The van der Waals surface area contributed by atoms with E-state index in [1.807, 2.05) is 4.90 Å². The molecular weight excluding hydrogens is 434 g/mol. The molecule has 0 unspecified atom stereocenters. The highest BCUT2D eigenvalue weighted by atomic mass is 19.3. The molecule has 1 aromatic rings. The topological polar surface area (TPSA) is 68.3 Å². The molecule has 0 bridgehead atoms. The van der Waals surface area contributed by atoms with Crippen LogP contribution in [-0.2, 0) is 14.3 Å². The first-order valence-electron chi connectivity index (χ1n) is 11.6. The first-order valence-corrected chi connectivity index (χ1v) is 11.6. The van der Waals surface area contributed by atoms with Crippen molar-refractivity contribution in [3.63, 3.8) is 0 Å². The van der Waals surface area contributed by atoms with Crippen molar-refractivity contribution < 1.29 is 32.6 Å². The summed E-state index contributed by atoms with van der Waals surface area (Å²) in [5.41, 5.74) is 0.815. The highest BCUT2D eigenvalue weighted by Gasteiger charge is 2.26. The zero-order chi connectivity index (χ0) is 24.4. The van der Waals surface area contributed by atoms with Gasteiger partial charge in [0.15, 0.2) is 11.5 Å². The predicted molar refractivity (Wildman–Crippen MR) is 122 cm³/mol. The van der Waals surface area contributed by atoms with E-state index in [0.29, 0.717) is 44.5 Å². The predicted octanol–water partition coefficient (Wildman–Crippen LogP) is 4.34. The summed E-state index contributed by atoms with van der Waals surface area (Å²) in [6.45, 7) is 8.06. The number of rotatable bonds is 9. The van der Waals surface area contributed by atoms with Crippen LogP contribution in [0, 0.1) is 11.8 Å². The van der Waals surface area contributed by atoms with E-state index < -0.39 is 12.6 Å². The SMILES string of the molecule is CC(C)C.CCOC(=O)CC(=O)N1CCN(c2ccc(OC(F)F)c(OCC3CC3)c2)CC1. The van der Waals surface area contributed by atoms with Gasteiger partial charge in [0.1, 0.15) is 6.42 Å². The fourth-order valence-electron chi connectivity index (χ4n) is 3.15. The number of carbonyl (C=O) groups is 2. The summed E-state index contributed by atoms with van der Waals surface area (Å²) < 4.78 is 40.4. The normalized spacial score (nSPS) is 15.8. The minimum absolute atomic E-state index is 0.0210. The zero-order valence-electron chi connectivity index (χ0n) is 20.0. The van der Waals surface area contributed by atoms with E-state index in [1.54, 1.807) is 24.0 Å². The molecule has 0 radical (unpaired) electrons. The number of amides is 1. The van der Waals surface area contributed by atoms with Crippen molar-refractivity contribution >= 4 is 17.6 Å². The number of benzene rings is 1. The third-order valence-electron chi connectivity index (χ3n) is 4.91. The van der Waals surface area contributed by atoms with Crippen LogP contribution < -0.4 is 14.4 Å². The average Bonchev–Trinajstić information content (AvgIpc) is 3.57. The fraction of sp³-hybridized carbons (Fsp3) is 0.667. The average molecular weight is 471 g/mol. The van der Waals surface area contributed by atoms with Gasteiger partial charge in [0.2, 0.25) is 5.91 Å². The molecule has 1 saturated heterocycles. The Morgan fingerprint density at radius 3 is 2.24 bits per heavy atom. The quantitative estimate of drug-likeness (QED) is 0.395. The van der Waals surface area contributed by atoms with Gasteiger partial charge in [-0.15, -0.1) is 0 Å². The van der Waals surface area contributed by atoms with Crippen LogP contribution >= 0.6 is 0 Å². The molecule has 3 rings (SSSR count). The number of hydrogen-bond acceptors (Lipinski definition) is 6. The lowest BCUT2D eigenvalue weighted by Gasteiger charge is -2.36. The number of carbonyl (C=O) groups excluding carboxylic acids is 2. The molecule has 0 spiro atoms. The van der Waals surface area contributed by atoms with Gasteiger partial charge in [-0.05, 0) is 43.7 Å². The van der Waals surface area contributed by atoms with Crippen molar-refractivity contribution in [1.82, 2.24) is 4.90 Å². The highest BCUT2D eigenvalue weighted by Crippen LogP contribution is 2.36. The van der Waals surface area contributed by atoms with E-state index in [-0.39, 0.29) is 24.7 Å². The Kier molecular flexibility index (Phi) is 10.7. The summed E-state index contributed by atoms with van der Waals surface area (Å²) in [6, 6.07) is 4.90. The van der Waals surface area contributed by atoms with Gasteiger partial charge in [0.05, 0.1) is 13.2 Å². The van der Waals surface area contributed by atoms with Crippen molar-refractivity contribution in [1.29, 1.82) is 0 Å². The second-order valence-corrected chi connectivity index (χ2v) is 8.85. The standard InChI is InChI=1S/C20H26F2N2O5.C4H10/c1-2-27-19(26)12-18(25)24-9-7-23(8-10-24)15-5-6-16(29-20(21)22)17(11-15)28-13-14-3-4-14;1-4(2)3/h5-6,11,14,20H,2-4,7-10,12-13H2,1H3;4H,1-3H3. The molecule has 2 aliphatic rings. The van der Waals surface area contributed by atoms with E-state index >= 15 is 0 Å². The Morgan fingerprint density at radius 2 is 1.70 bits per heavy atom. The lowest BCUT2D eigenvalue weighted by molar-refractivity contribution is -0.148. The van der Waals surface area contributed by atoms with E-state index in [9.17, 15) is 18.4 Å². The van der Waals surface area contributed by atoms with Gasteiger partial charge in [-0.2, -0.15) is 8.78 Å².